The Bertz CT molecular complexity index is 2980. The zero-order valence-corrected chi connectivity index (χ0v) is 57.3. The molecule has 3 aromatic carbocycles. The topological polar surface area (TPSA) is 219 Å². The van der Waals surface area contributed by atoms with Gasteiger partial charge in [0.1, 0.15) is 34.1 Å². The predicted molar refractivity (Wildman–Crippen MR) is 360 cm³/mol. The van der Waals surface area contributed by atoms with Gasteiger partial charge in [-0.1, -0.05) is 36.4 Å². The highest BCUT2D eigenvalue weighted by Gasteiger charge is 2.29. The number of piperazine rings is 4. The van der Waals surface area contributed by atoms with Gasteiger partial charge in [-0.05, 0) is 128 Å². The SMILES string of the molecule is CC(C)(C)OC(=O)N1CCN(C(N)=S)CC1.CC(C)(C)OC(=O)N1CCNCC1.COc1cccc(CC(=O)CCl)c1.COc1cccc(Cc2csc(N3CCN(C(=O)OC(C)(C)C)CC3)n2)c1.COc1cccc(Cc2csc(N3CCNCC3)n2)c1. The molecule has 89 heavy (non-hydrogen) atoms. The van der Waals surface area contributed by atoms with E-state index >= 15 is 0 Å². The summed E-state index contributed by atoms with van der Waals surface area (Å²) in [5, 5.41) is 13.4. The number of alkyl halides is 1. The number of hydrogen-bond donors (Lipinski definition) is 3. The number of thiazole rings is 2. The second-order valence-corrected chi connectivity index (χ2v) is 26.6. The third kappa shape index (κ3) is 27.5. The second-order valence-electron chi connectivity index (χ2n) is 24.2. The van der Waals surface area contributed by atoms with Crippen molar-refractivity contribution >= 4 is 85.9 Å². The molecule has 21 nitrogen and oxygen atoms in total. The molecule has 4 saturated heterocycles. The molecule has 5 aromatic rings. The predicted octanol–water partition coefficient (Wildman–Crippen LogP) is 9.61. The molecular weight excluding hydrogens is 1210 g/mol. The number of nitrogens with one attached hydrogen (secondary N) is 2. The van der Waals surface area contributed by atoms with Gasteiger partial charge in [0, 0.05) is 135 Å². The van der Waals surface area contributed by atoms with Crippen LogP contribution in [0.4, 0.5) is 24.6 Å². The smallest absolute Gasteiger partial charge is 0.410 e. The molecule has 2 aromatic heterocycles. The van der Waals surface area contributed by atoms with Crippen LogP contribution in [-0.2, 0) is 38.3 Å². The molecule has 4 N–H and O–H groups in total. The van der Waals surface area contributed by atoms with Gasteiger partial charge in [-0.25, -0.2) is 24.4 Å². The van der Waals surface area contributed by atoms with E-state index in [4.69, 9.17) is 67.9 Å². The first-order valence-electron chi connectivity index (χ1n) is 30.0. The molecule has 0 spiro atoms. The number of ether oxygens (including phenoxy) is 6. The molecule has 6 heterocycles. The Kier molecular flexibility index (Phi) is 29.7. The van der Waals surface area contributed by atoms with Crippen molar-refractivity contribution in [2.45, 2.75) is 98.4 Å². The van der Waals surface area contributed by atoms with E-state index in [9.17, 15) is 19.2 Å². The Morgan fingerprint density at radius 3 is 1.22 bits per heavy atom. The number of Topliss-reactive ketones (excluding diaryl/α,β-unsaturated/α-hetero) is 1. The summed E-state index contributed by atoms with van der Waals surface area (Å²) < 4.78 is 31.5. The Morgan fingerprint density at radius 1 is 0.517 bits per heavy atom. The number of carbonyl (C=O) groups is 4. The van der Waals surface area contributed by atoms with Crippen molar-refractivity contribution in [3.63, 3.8) is 0 Å². The molecule has 4 aliphatic heterocycles. The third-order valence-corrected chi connectivity index (χ3v) is 15.9. The molecule has 0 unspecified atom stereocenters. The van der Waals surface area contributed by atoms with E-state index in [-0.39, 0.29) is 35.5 Å². The van der Waals surface area contributed by atoms with E-state index in [0.29, 0.717) is 50.8 Å². The van der Waals surface area contributed by atoms with Crippen molar-refractivity contribution in [2.24, 2.45) is 5.73 Å². The van der Waals surface area contributed by atoms with Gasteiger partial charge in [-0.15, -0.1) is 34.3 Å². The number of benzene rings is 3. The first kappa shape index (κ1) is 73.0. The van der Waals surface area contributed by atoms with Crippen LogP contribution in [0.25, 0.3) is 0 Å². The van der Waals surface area contributed by atoms with Crippen LogP contribution in [0, 0.1) is 0 Å². The molecule has 0 atom stereocenters. The number of nitrogens with zero attached hydrogens (tertiary/aromatic N) is 8. The van der Waals surface area contributed by atoms with Crippen LogP contribution in [0.2, 0.25) is 0 Å². The van der Waals surface area contributed by atoms with Gasteiger partial charge >= 0.3 is 18.3 Å². The average Bonchev–Trinajstić information content (AvgIpc) is 3.34. The van der Waals surface area contributed by atoms with Crippen LogP contribution in [0.3, 0.4) is 0 Å². The van der Waals surface area contributed by atoms with E-state index in [1.807, 2.05) is 122 Å². The minimum Gasteiger partial charge on any atom is -0.497 e. The van der Waals surface area contributed by atoms with Gasteiger partial charge in [0.25, 0.3) is 0 Å². The molecule has 0 saturated carbocycles. The summed E-state index contributed by atoms with van der Waals surface area (Å²) in [5.41, 5.74) is 9.76. The highest BCUT2D eigenvalue weighted by molar-refractivity contribution is 7.80. The average molecular weight is 1310 g/mol. The number of methoxy groups -OCH3 is 3. The zero-order valence-electron chi connectivity index (χ0n) is 54.1. The molecule has 0 aliphatic carbocycles. The van der Waals surface area contributed by atoms with E-state index in [1.165, 1.54) is 11.1 Å². The number of rotatable bonds is 12. The highest BCUT2D eigenvalue weighted by Crippen LogP contribution is 2.27. The fourth-order valence-electron chi connectivity index (χ4n) is 8.96. The van der Waals surface area contributed by atoms with Gasteiger partial charge in [0.2, 0.25) is 0 Å². The summed E-state index contributed by atoms with van der Waals surface area (Å²) in [6.45, 7) is 29.7. The van der Waals surface area contributed by atoms with Crippen LogP contribution < -0.4 is 40.4 Å². The Hall–Kier alpha value is -6.70. The summed E-state index contributed by atoms with van der Waals surface area (Å²) in [6.07, 6.45) is 1.32. The molecule has 25 heteroatoms. The number of aromatic nitrogens is 2. The maximum atomic E-state index is 12.2. The molecule has 4 aliphatic rings. The molecule has 9 rings (SSSR count). The van der Waals surface area contributed by atoms with Crippen LogP contribution in [-0.4, -0.2) is 207 Å². The zero-order chi connectivity index (χ0) is 65.2. The molecule has 4 fully saturated rings. The van der Waals surface area contributed by atoms with Gasteiger partial charge in [-0.3, -0.25) is 4.79 Å². The Morgan fingerprint density at radius 2 is 0.854 bits per heavy atom. The molecule has 490 valence electrons. The van der Waals surface area contributed by atoms with E-state index in [1.54, 1.807) is 58.7 Å². The minimum atomic E-state index is -0.460. The van der Waals surface area contributed by atoms with Crippen molar-refractivity contribution < 1.29 is 47.6 Å². The number of nitrogens with two attached hydrogens (primary N) is 1. The van der Waals surface area contributed by atoms with Gasteiger partial charge in [0.05, 0.1) is 38.6 Å². The molecule has 0 radical (unpaired) electrons. The lowest BCUT2D eigenvalue weighted by molar-refractivity contribution is -0.116. The summed E-state index contributed by atoms with van der Waals surface area (Å²) in [7, 11) is 4.98. The number of halogens is 1. The number of hydrogen-bond acceptors (Lipinski definition) is 19. The van der Waals surface area contributed by atoms with E-state index in [2.05, 4.69) is 49.4 Å². The third-order valence-electron chi connectivity index (χ3n) is 13.4. The maximum Gasteiger partial charge on any atom is 0.410 e. The molecule has 0 bridgehead atoms. The second kappa shape index (κ2) is 36.2. The van der Waals surface area contributed by atoms with Crippen molar-refractivity contribution in [1.82, 2.24) is 40.2 Å². The van der Waals surface area contributed by atoms with E-state index in [0.717, 1.165) is 123 Å². The Balaban J connectivity index is 0.000000209. The van der Waals surface area contributed by atoms with Crippen molar-refractivity contribution in [3.05, 3.63) is 112 Å². The van der Waals surface area contributed by atoms with Crippen LogP contribution in [0.5, 0.6) is 17.2 Å². The van der Waals surface area contributed by atoms with Gasteiger partial charge < -0.3 is 74.2 Å². The monoisotopic (exact) mass is 1310 g/mol. The first-order valence-corrected chi connectivity index (χ1v) is 32.7. The lowest BCUT2D eigenvalue weighted by Gasteiger charge is -2.35. The molecular formula is C64H94ClN11O10S3. The number of thiocarbonyl (C=S) groups is 1. The number of anilines is 2. The highest BCUT2D eigenvalue weighted by atomic mass is 35.5. The maximum absolute atomic E-state index is 12.2. The standard InChI is InChI=1S/C20H27N3O3S.C15H19N3OS.C10H11ClO2.C10H19N3O2S.C9H18N2O2/c1-20(2,3)26-19(24)23-10-8-22(9-11-23)18-21-16(14-27-18)12-15-6-5-7-17(13-15)25-4;1-19-14-4-2-3-12(10-14)9-13-11-20-15(17-13)18-7-5-16-6-8-18;1-13-10-4-2-3-8(6-10)5-9(12)7-11;1-10(2,3)15-9(14)13-6-4-12(5-7-13)8(11)16;1-9(2,3)13-8(12)11-6-4-10-5-7-11/h5-7,13-14H,8-12H2,1-4H3;2-4,10-11,16H,5-9H2,1H3;2-4,6H,5,7H2,1H3;4-7H2,1-3H3,(H2,11,16);10H,4-7H2,1-3H3. The first-order chi connectivity index (χ1) is 42.2. The lowest BCUT2D eigenvalue weighted by atomic mass is 10.1. The van der Waals surface area contributed by atoms with Gasteiger partial charge in [-0.2, -0.15) is 0 Å². The van der Waals surface area contributed by atoms with Crippen LogP contribution >= 0.6 is 46.5 Å². The van der Waals surface area contributed by atoms with Crippen LogP contribution in [0.15, 0.2) is 83.6 Å². The van der Waals surface area contributed by atoms with Crippen molar-refractivity contribution in [1.29, 1.82) is 0 Å². The minimum absolute atomic E-state index is 0.0231. The summed E-state index contributed by atoms with van der Waals surface area (Å²) >= 11 is 13.7. The Labute approximate surface area is 545 Å². The van der Waals surface area contributed by atoms with Gasteiger partial charge in [0.15, 0.2) is 21.2 Å². The fraction of sp³-hybridized carbons (Fsp3) is 0.547. The largest absolute Gasteiger partial charge is 0.497 e. The van der Waals surface area contributed by atoms with Crippen molar-refractivity contribution in [2.75, 3.05) is 142 Å². The quantitative estimate of drug-likeness (QED) is 0.0601. The fourth-order valence-corrected chi connectivity index (χ4v) is 11.0. The number of carbonyl (C=O) groups excluding carboxylic acids is 4. The number of ketones is 1. The lowest BCUT2D eigenvalue weighted by Crippen LogP contribution is -2.52. The van der Waals surface area contributed by atoms with E-state index < -0.39 is 11.2 Å². The normalized spacial score (nSPS) is 15.2. The van der Waals surface area contributed by atoms with Crippen molar-refractivity contribution in [3.8, 4) is 17.2 Å². The number of amides is 3. The van der Waals surface area contributed by atoms with Crippen LogP contribution in [0.1, 0.15) is 90.4 Å². The summed E-state index contributed by atoms with van der Waals surface area (Å²) in [5.74, 6) is 2.62. The molecule has 3 amide bonds. The summed E-state index contributed by atoms with van der Waals surface area (Å²) in [6, 6.07) is 23.7. The summed E-state index contributed by atoms with van der Waals surface area (Å²) in [4.78, 5) is 67.6.